The van der Waals surface area contributed by atoms with Crippen LogP contribution in [-0.2, 0) is 4.79 Å². The van der Waals surface area contributed by atoms with Crippen molar-refractivity contribution < 1.29 is 19.8 Å². The Morgan fingerprint density at radius 1 is 1.35 bits per heavy atom. The highest BCUT2D eigenvalue weighted by Gasteiger charge is 2.41. The van der Waals surface area contributed by atoms with E-state index in [0.717, 1.165) is 19.3 Å². The quantitative estimate of drug-likeness (QED) is 0.722. The molecule has 0 aromatic rings. The van der Waals surface area contributed by atoms with E-state index in [1.807, 2.05) is 0 Å². The number of hydrogen-bond acceptors (Lipinski definition) is 3. The summed E-state index contributed by atoms with van der Waals surface area (Å²) < 4.78 is 0. The largest absolute Gasteiger partial charge is 0.480 e. The number of aliphatic carboxylic acids is 1. The molecule has 20 heavy (non-hydrogen) atoms. The molecule has 0 bridgehead atoms. The van der Waals surface area contributed by atoms with Gasteiger partial charge in [0, 0.05) is 19.0 Å². The van der Waals surface area contributed by atoms with Crippen molar-refractivity contribution >= 4 is 12.0 Å². The first-order chi connectivity index (χ1) is 9.43. The van der Waals surface area contributed by atoms with Gasteiger partial charge in [0.2, 0.25) is 0 Å². The number of hydrogen-bond donors (Lipinski definition) is 3. The molecule has 2 aliphatic rings. The maximum atomic E-state index is 12.2. The minimum absolute atomic E-state index is 0.0983. The molecule has 114 valence electrons. The number of nitrogens with zero attached hydrogens (tertiary/aromatic N) is 1. The van der Waals surface area contributed by atoms with E-state index in [4.69, 9.17) is 5.11 Å². The van der Waals surface area contributed by atoms with Gasteiger partial charge < -0.3 is 20.4 Å². The lowest BCUT2D eigenvalue weighted by atomic mass is 9.93. The number of amides is 2. The molecule has 2 fully saturated rings. The van der Waals surface area contributed by atoms with Crippen LogP contribution in [0.1, 0.15) is 39.5 Å². The van der Waals surface area contributed by atoms with Gasteiger partial charge in [0.05, 0.1) is 6.10 Å². The normalized spacial score (nSPS) is 37.1. The van der Waals surface area contributed by atoms with Gasteiger partial charge in [0.15, 0.2) is 0 Å². The number of carboxylic acids is 1. The minimum atomic E-state index is -1.05. The van der Waals surface area contributed by atoms with Gasteiger partial charge >= 0.3 is 12.0 Å². The van der Waals surface area contributed by atoms with Crippen molar-refractivity contribution in [3.05, 3.63) is 0 Å². The summed E-state index contributed by atoms with van der Waals surface area (Å²) in [6.45, 7) is 4.39. The lowest BCUT2D eigenvalue weighted by Crippen LogP contribution is -2.50. The van der Waals surface area contributed by atoms with Crippen LogP contribution in [0.4, 0.5) is 4.79 Å². The van der Waals surface area contributed by atoms with Gasteiger partial charge in [-0.05, 0) is 24.7 Å². The van der Waals surface area contributed by atoms with Gasteiger partial charge in [-0.25, -0.2) is 9.59 Å². The number of carbonyl (C=O) groups is 2. The Morgan fingerprint density at radius 3 is 2.60 bits per heavy atom. The Labute approximate surface area is 119 Å². The summed E-state index contributed by atoms with van der Waals surface area (Å²) in [5.74, 6) is -0.0119. The average Bonchev–Trinajstić information content (AvgIpc) is 2.94. The molecule has 1 saturated carbocycles. The molecule has 0 aromatic heterocycles. The maximum Gasteiger partial charge on any atom is 0.326 e. The fraction of sp³-hybridized carbons (Fsp3) is 0.857. The predicted octanol–water partition coefficient (Wildman–Crippen LogP) is 1.04. The van der Waals surface area contributed by atoms with Crippen LogP contribution in [0.5, 0.6) is 0 Å². The molecule has 2 amide bonds. The Morgan fingerprint density at radius 2 is 2.05 bits per heavy atom. The van der Waals surface area contributed by atoms with Crippen LogP contribution in [0.2, 0.25) is 0 Å². The van der Waals surface area contributed by atoms with Crippen LogP contribution in [0, 0.1) is 11.8 Å². The van der Waals surface area contributed by atoms with Crippen molar-refractivity contribution in [2.45, 2.75) is 57.7 Å². The summed E-state index contributed by atoms with van der Waals surface area (Å²) in [5, 5.41) is 21.6. The molecule has 3 N–H and O–H groups in total. The summed E-state index contributed by atoms with van der Waals surface area (Å²) in [7, 11) is 0. The third-order valence-corrected chi connectivity index (χ3v) is 4.88. The first kappa shape index (κ1) is 15.1. The molecule has 0 radical (unpaired) electrons. The lowest BCUT2D eigenvalue weighted by molar-refractivity contribution is -0.141. The van der Waals surface area contributed by atoms with Crippen molar-refractivity contribution in [1.29, 1.82) is 0 Å². The fourth-order valence-corrected chi connectivity index (χ4v) is 3.54. The highest BCUT2D eigenvalue weighted by Crippen LogP contribution is 2.34. The van der Waals surface area contributed by atoms with E-state index >= 15 is 0 Å². The van der Waals surface area contributed by atoms with Crippen LogP contribution in [0.3, 0.4) is 0 Å². The number of nitrogens with one attached hydrogen (secondary N) is 1. The van der Waals surface area contributed by atoms with E-state index in [2.05, 4.69) is 19.2 Å². The van der Waals surface area contributed by atoms with Crippen LogP contribution in [0.25, 0.3) is 0 Å². The fourth-order valence-electron chi connectivity index (χ4n) is 3.54. The third kappa shape index (κ3) is 2.90. The molecule has 5 atom stereocenters. The van der Waals surface area contributed by atoms with Crippen LogP contribution in [0.15, 0.2) is 0 Å². The summed E-state index contributed by atoms with van der Waals surface area (Å²) in [6.07, 6.45) is 2.52. The molecule has 0 aromatic carbocycles. The molecule has 3 unspecified atom stereocenters. The molecule has 1 heterocycles. The first-order valence-electron chi connectivity index (χ1n) is 7.42. The summed E-state index contributed by atoms with van der Waals surface area (Å²) in [4.78, 5) is 24.6. The van der Waals surface area contributed by atoms with Crippen molar-refractivity contribution in [2.24, 2.45) is 11.8 Å². The molecule has 1 saturated heterocycles. The monoisotopic (exact) mass is 284 g/mol. The first-order valence-corrected chi connectivity index (χ1v) is 7.42. The molecule has 2 rings (SSSR count). The van der Waals surface area contributed by atoms with E-state index < -0.39 is 18.1 Å². The molecule has 1 aliphatic heterocycles. The van der Waals surface area contributed by atoms with Crippen LogP contribution >= 0.6 is 0 Å². The smallest absolute Gasteiger partial charge is 0.326 e. The second-order valence-corrected chi connectivity index (χ2v) is 6.06. The van der Waals surface area contributed by atoms with Crippen LogP contribution in [-0.4, -0.2) is 51.8 Å². The Balaban J connectivity index is 1.96. The van der Waals surface area contributed by atoms with Gasteiger partial charge in [0.25, 0.3) is 0 Å². The molecular formula is C14H24N2O4. The topological polar surface area (TPSA) is 89.9 Å². The highest BCUT2D eigenvalue weighted by molar-refractivity contribution is 5.83. The van der Waals surface area contributed by atoms with E-state index in [-0.39, 0.29) is 25.0 Å². The van der Waals surface area contributed by atoms with Crippen molar-refractivity contribution in [3.63, 3.8) is 0 Å². The molecular weight excluding hydrogens is 260 g/mol. The summed E-state index contributed by atoms with van der Waals surface area (Å²) >= 11 is 0. The van der Waals surface area contributed by atoms with Gasteiger partial charge in [-0.15, -0.1) is 0 Å². The summed E-state index contributed by atoms with van der Waals surface area (Å²) in [6, 6.07) is -1.16. The second kappa shape index (κ2) is 5.99. The maximum absolute atomic E-state index is 12.2. The number of likely N-dealkylation sites (tertiary alicyclic amines) is 1. The number of urea groups is 1. The zero-order valence-electron chi connectivity index (χ0n) is 12.1. The van der Waals surface area contributed by atoms with Gasteiger partial charge in [-0.2, -0.15) is 0 Å². The SMILES string of the molecule is CCC1CCC(NC(=O)N2C[C@@H](O)C[C@H]2C(=O)O)C1C. The van der Waals surface area contributed by atoms with Gasteiger partial charge in [-0.1, -0.05) is 20.3 Å². The molecule has 6 nitrogen and oxygen atoms in total. The average molecular weight is 284 g/mol. The van der Waals surface area contributed by atoms with Gasteiger partial charge in [0.1, 0.15) is 6.04 Å². The molecule has 6 heteroatoms. The van der Waals surface area contributed by atoms with Crippen LogP contribution < -0.4 is 5.32 Å². The Bertz CT molecular complexity index is 387. The molecule has 1 aliphatic carbocycles. The third-order valence-electron chi connectivity index (χ3n) is 4.88. The zero-order chi connectivity index (χ0) is 14.9. The number of aliphatic hydroxyl groups excluding tert-OH is 1. The van der Waals surface area contributed by atoms with E-state index in [9.17, 15) is 14.7 Å². The standard InChI is InChI=1S/C14H24N2O4/c1-3-9-4-5-11(8(9)2)15-14(20)16-7-10(17)6-12(16)13(18)19/h8-12,17H,3-7H2,1-2H3,(H,15,20)(H,18,19)/t8?,9?,10-,11?,12-/m0/s1. The minimum Gasteiger partial charge on any atom is -0.480 e. The number of aliphatic hydroxyl groups is 1. The van der Waals surface area contributed by atoms with E-state index in [1.54, 1.807) is 0 Å². The number of rotatable bonds is 3. The predicted molar refractivity (Wildman–Crippen MR) is 73.3 cm³/mol. The van der Waals surface area contributed by atoms with Crippen molar-refractivity contribution in [2.75, 3.05) is 6.54 Å². The number of β-amino-alcohol motifs (C(OH)–C–C–N with tert-alkyl or cyclic N) is 1. The van der Waals surface area contributed by atoms with E-state index in [1.165, 1.54) is 4.90 Å². The second-order valence-electron chi connectivity index (χ2n) is 6.06. The Hall–Kier alpha value is -1.30. The zero-order valence-corrected chi connectivity index (χ0v) is 12.1. The number of carbonyl (C=O) groups excluding carboxylic acids is 1. The highest BCUT2D eigenvalue weighted by atomic mass is 16.4. The van der Waals surface area contributed by atoms with Gasteiger partial charge in [-0.3, -0.25) is 0 Å². The molecule has 0 spiro atoms. The lowest BCUT2D eigenvalue weighted by Gasteiger charge is -2.26. The van der Waals surface area contributed by atoms with E-state index in [0.29, 0.717) is 11.8 Å². The number of carboxylic acid groups (broad SMARTS) is 1. The van der Waals surface area contributed by atoms with Crippen molar-refractivity contribution in [1.82, 2.24) is 10.2 Å². The Kier molecular flexibility index (Phi) is 4.52. The van der Waals surface area contributed by atoms with Crippen molar-refractivity contribution in [3.8, 4) is 0 Å². The summed E-state index contributed by atoms with van der Waals surface area (Å²) in [5.41, 5.74) is 0.